The Hall–Kier alpha value is -2.73. The minimum Gasteiger partial charge on any atom is -0.280 e. The molecule has 2 heterocycles. The van der Waals surface area contributed by atoms with Gasteiger partial charge in [-0.2, -0.15) is 0 Å². The lowest BCUT2D eigenvalue weighted by Crippen LogP contribution is -2.30. The van der Waals surface area contributed by atoms with Crippen LogP contribution >= 0.6 is 11.6 Å². The molecule has 0 aliphatic carbocycles. The van der Waals surface area contributed by atoms with E-state index in [1.165, 1.54) is 0 Å². The lowest BCUT2D eigenvalue weighted by Gasteiger charge is -2.11. The molecule has 0 unspecified atom stereocenters. The third-order valence-corrected chi connectivity index (χ3v) is 3.38. The van der Waals surface area contributed by atoms with E-state index in [2.05, 4.69) is 25.8 Å². The van der Waals surface area contributed by atoms with Gasteiger partial charge in [0.2, 0.25) is 0 Å². The van der Waals surface area contributed by atoms with Crippen LogP contribution in [0.2, 0.25) is 5.02 Å². The Morgan fingerprint density at radius 1 is 1.14 bits per heavy atom. The molecule has 6 nitrogen and oxygen atoms in total. The van der Waals surface area contributed by atoms with Crippen molar-refractivity contribution in [1.29, 1.82) is 0 Å². The van der Waals surface area contributed by atoms with Crippen LogP contribution in [0.25, 0.3) is 11.0 Å². The molecule has 110 valence electrons. The number of hydrazine groups is 1. The number of aryl methyl sites for hydroxylation is 1. The molecule has 0 aliphatic rings. The van der Waals surface area contributed by atoms with Gasteiger partial charge in [-0.3, -0.25) is 20.6 Å². The van der Waals surface area contributed by atoms with E-state index in [9.17, 15) is 4.79 Å². The monoisotopic (exact) mass is 313 g/mol. The van der Waals surface area contributed by atoms with Crippen LogP contribution in [-0.2, 0) is 0 Å². The van der Waals surface area contributed by atoms with E-state index in [0.29, 0.717) is 33.1 Å². The van der Waals surface area contributed by atoms with Crippen LogP contribution in [-0.4, -0.2) is 20.9 Å². The van der Waals surface area contributed by atoms with E-state index in [0.717, 1.165) is 0 Å². The molecule has 0 radical (unpaired) electrons. The molecule has 22 heavy (non-hydrogen) atoms. The third kappa shape index (κ3) is 2.82. The van der Waals surface area contributed by atoms with Crippen LogP contribution in [0.15, 0.2) is 42.7 Å². The van der Waals surface area contributed by atoms with Gasteiger partial charge in [0, 0.05) is 6.20 Å². The van der Waals surface area contributed by atoms with Gasteiger partial charge >= 0.3 is 0 Å². The van der Waals surface area contributed by atoms with Gasteiger partial charge in [-0.25, -0.2) is 9.97 Å². The van der Waals surface area contributed by atoms with Gasteiger partial charge < -0.3 is 0 Å². The number of amides is 1. The van der Waals surface area contributed by atoms with E-state index >= 15 is 0 Å². The van der Waals surface area contributed by atoms with Crippen molar-refractivity contribution < 1.29 is 4.79 Å². The molecule has 0 fully saturated rings. The lowest BCUT2D eigenvalue weighted by molar-refractivity contribution is 0.0962. The first kappa shape index (κ1) is 14.2. The molecular weight excluding hydrogens is 302 g/mol. The van der Waals surface area contributed by atoms with E-state index in [-0.39, 0.29) is 5.91 Å². The number of hydrogen-bond acceptors (Lipinski definition) is 5. The minimum atomic E-state index is -0.346. The first-order chi connectivity index (χ1) is 10.6. The summed E-state index contributed by atoms with van der Waals surface area (Å²) in [4.78, 5) is 24.9. The number of carbonyl (C=O) groups excluding carboxylic acids is 1. The lowest BCUT2D eigenvalue weighted by atomic mass is 10.2. The first-order valence-electron chi connectivity index (χ1n) is 6.54. The molecule has 0 saturated carbocycles. The van der Waals surface area contributed by atoms with Gasteiger partial charge in [0.25, 0.3) is 5.91 Å². The van der Waals surface area contributed by atoms with Crippen LogP contribution in [0.4, 0.5) is 5.82 Å². The number of aromatic nitrogens is 3. The van der Waals surface area contributed by atoms with Crippen molar-refractivity contribution in [3.05, 3.63) is 59.0 Å². The fraction of sp³-hybridized carbons (Fsp3) is 0.0667. The maximum Gasteiger partial charge on any atom is 0.271 e. The van der Waals surface area contributed by atoms with Crippen LogP contribution in [0.3, 0.4) is 0 Å². The van der Waals surface area contributed by atoms with Gasteiger partial charge in [-0.15, -0.1) is 0 Å². The molecule has 1 aromatic carbocycles. The van der Waals surface area contributed by atoms with E-state index < -0.39 is 0 Å². The number of nitrogens with one attached hydrogen (secondary N) is 2. The highest BCUT2D eigenvalue weighted by atomic mass is 35.5. The normalized spacial score (nSPS) is 10.5. The summed E-state index contributed by atoms with van der Waals surface area (Å²) in [6.07, 6.45) is 3.28. The number of hydrogen-bond donors (Lipinski definition) is 2. The van der Waals surface area contributed by atoms with Crippen LogP contribution < -0.4 is 10.9 Å². The van der Waals surface area contributed by atoms with Crippen molar-refractivity contribution >= 4 is 34.4 Å². The summed E-state index contributed by atoms with van der Waals surface area (Å²) in [5, 5.41) is 0.384. The molecule has 0 atom stereocenters. The molecule has 0 spiro atoms. The summed E-state index contributed by atoms with van der Waals surface area (Å²) in [5.41, 5.74) is 7.77. The number of anilines is 1. The number of halogens is 1. The van der Waals surface area contributed by atoms with Crippen molar-refractivity contribution in [2.24, 2.45) is 0 Å². The Bertz CT molecular complexity index is 852. The van der Waals surface area contributed by atoms with Crippen molar-refractivity contribution in [3.8, 4) is 0 Å². The standard InChI is InChI=1S/C15H12ClN5O/c1-9-14(19-12-6-7-17-8-13(12)18-9)20-21-15(22)10-4-2-3-5-11(10)16/h2-8H,1H3,(H,19,20)(H,21,22). The second kappa shape index (κ2) is 5.95. The highest BCUT2D eigenvalue weighted by Crippen LogP contribution is 2.16. The van der Waals surface area contributed by atoms with Crippen molar-refractivity contribution in [1.82, 2.24) is 20.4 Å². The predicted molar refractivity (Wildman–Crippen MR) is 84.6 cm³/mol. The molecule has 2 aromatic heterocycles. The van der Waals surface area contributed by atoms with Gasteiger partial charge in [0.15, 0.2) is 5.82 Å². The number of benzene rings is 1. The summed E-state index contributed by atoms with van der Waals surface area (Å²) in [6.45, 7) is 1.80. The van der Waals surface area contributed by atoms with Crippen molar-refractivity contribution in [2.75, 3.05) is 5.43 Å². The number of rotatable bonds is 3. The molecule has 0 aliphatic heterocycles. The Balaban J connectivity index is 1.80. The minimum absolute atomic E-state index is 0.346. The van der Waals surface area contributed by atoms with Gasteiger partial charge in [-0.1, -0.05) is 23.7 Å². The summed E-state index contributed by atoms with van der Waals surface area (Å²) in [6, 6.07) is 8.56. The number of carbonyl (C=O) groups is 1. The molecule has 2 N–H and O–H groups in total. The molecular formula is C15H12ClN5O. The summed E-state index contributed by atoms with van der Waals surface area (Å²) in [7, 11) is 0. The second-order valence-electron chi connectivity index (χ2n) is 4.58. The zero-order valence-electron chi connectivity index (χ0n) is 11.7. The molecule has 3 aromatic rings. The maximum atomic E-state index is 12.1. The van der Waals surface area contributed by atoms with Crippen LogP contribution in [0.5, 0.6) is 0 Å². The fourth-order valence-corrected chi connectivity index (χ4v) is 2.16. The number of fused-ring (bicyclic) bond motifs is 1. The third-order valence-electron chi connectivity index (χ3n) is 3.05. The number of pyridine rings is 1. The number of nitrogens with zero attached hydrogens (tertiary/aromatic N) is 3. The van der Waals surface area contributed by atoms with E-state index in [1.54, 1.807) is 49.6 Å². The highest BCUT2D eigenvalue weighted by molar-refractivity contribution is 6.33. The summed E-state index contributed by atoms with van der Waals surface area (Å²) >= 11 is 5.99. The summed E-state index contributed by atoms with van der Waals surface area (Å²) < 4.78 is 0. The van der Waals surface area contributed by atoms with E-state index in [4.69, 9.17) is 11.6 Å². The zero-order valence-corrected chi connectivity index (χ0v) is 12.4. The zero-order chi connectivity index (χ0) is 15.5. The summed E-state index contributed by atoms with van der Waals surface area (Å²) in [5.74, 6) is 0.126. The molecule has 7 heteroatoms. The van der Waals surface area contributed by atoms with Gasteiger partial charge in [0.05, 0.1) is 28.0 Å². The first-order valence-corrected chi connectivity index (χ1v) is 6.92. The maximum absolute atomic E-state index is 12.1. The second-order valence-corrected chi connectivity index (χ2v) is 4.99. The topological polar surface area (TPSA) is 79.8 Å². The average molecular weight is 314 g/mol. The predicted octanol–water partition coefficient (Wildman–Crippen LogP) is 2.74. The smallest absolute Gasteiger partial charge is 0.271 e. The molecule has 0 bridgehead atoms. The molecule has 3 rings (SSSR count). The Labute approximate surface area is 131 Å². The SMILES string of the molecule is Cc1nc2cnccc2nc1NNC(=O)c1ccccc1Cl. The van der Waals surface area contributed by atoms with Crippen LogP contribution in [0, 0.1) is 6.92 Å². The van der Waals surface area contributed by atoms with Crippen LogP contribution in [0.1, 0.15) is 16.1 Å². The Kier molecular flexibility index (Phi) is 3.84. The quantitative estimate of drug-likeness (QED) is 0.727. The van der Waals surface area contributed by atoms with Crippen molar-refractivity contribution in [2.45, 2.75) is 6.92 Å². The van der Waals surface area contributed by atoms with Crippen molar-refractivity contribution in [3.63, 3.8) is 0 Å². The average Bonchev–Trinajstić information content (AvgIpc) is 2.53. The Morgan fingerprint density at radius 3 is 2.77 bits per heavy atom. The van der Waals surface area contributed by atoms with Gasteiger partial charge in [0.1, 0.15) is 5.52 Å². The molecule has 0 saturated heterocycles. The highest BCUT2D eigenvalue weighted by Gasteiger charge is 2.10. The molecule has 1 amide bonds. The van der Waals surface area contributed by atoms with E-state index in [1.807, 2.05) is 0 Å². The Morgan fingerprint density at radius 2 is 1.95 bits per heavy atom. The fourth-order valence-electron chi connectivity index (χ4n) is 1.94. The van der Waals surface area contributed by atoms with Gasteiger partial charge in [-0.05, 0) is 25.1 Å². The largest absolute Gasteiger partial charge is 0.280 e.